The lowest BCUT2D eigenvalue weighted by Crippen LogP contribution is -2.28. The molecule has 1 aromatic carbocycles. The van der Waals surface area contributed by atoms with Crippen LogP contribution in [-0.2, 0) is 17.8 Å². The minimum Gasteiger partial charge on any atom is -0.383 e. The van der Waals surface area contributed by atoms with E-state index in [1.807, 2.05) is 13.1 Å². The molecule has 0 amide bonds. The lowest BCUT2D eigenvalue weighted by Gasteiger charge is -2.22. The Bertz CT molecular complexity index is 944. The molecule has 0 aliphatic carbocycles. The van der Waals surface area contributed by atoms with E-state index in [1.165, 1.54) is 11.1 Å². The second kappa shape index (κ2) is 8.78. The van der Waals surface area contributed by atoms with Gasteiger partial charge in [-0.15, -0.1) is 11.3 Å². The molecule has 3 rings (SSSR count). The van der Waals surface area contributed by atoms with E-state index in [-0.39, 0.29) is 5.56 Å². The summed E-state index contributed by atoms with van der Waals surface area (Å²) >= 11 is 1.54. The van der Waals surface area contributed by atoms with Gasteiger partial charge in [-0.3, -0.25) is 14.1 Å². The minimum atomic E-state index is -0.0210. The van der Waals surface area contributed by atoms with Crippen LogP contribution in [0.1, 0.15) is 41.5 Å². The van der Waals surface area contributed by atoms with E-state index in [1.54, 1.807) is 28.9 Å². The SMILES string of the molecule is COCCN(Cc1ccc(C(C)C)cc1)Cc1cc(=O)n2cc(C)sc2n1. The maximum Gasteiger partial charge on any atom is 0.258 e. The molecule has 0 saturated carbocycles. The lowest BCUT2D eigenvalue weighted by atomic mass is 10.0. The van der Waals surface area contributed by atoms with Crippen LogP contribution in [0.3, 0.4) is 0 Å². The van der Waals surface area contributed by atoms with Crippen LogP contribution in [0.4, 0.5) is 0 Å². The summed E-state index contributed by atoms with van der Waals surface area (Å²) in [7, 11) is 1.71. The van der Waals surface area contributed by atoms with Gasteiger partial charge in [-0.05, 0) is 24.0 Å². The summed E-state index contributed by atoms with van der Waals surface area (Å²) in [5.74, 6) is 0.529. The van der Waals surface area contributed by atoms with Crippen molar-refractivity contribution in [1.29, 1.82) is 0 Å². The predicted octanol–water partition coefficient (Wildman–Crippen LogP) is 3.84. The van der Waals surface area contributed by atoms with Crippen molar-refractivity contribution in [1.82, 2.24) is 14.3 Å². The Labute approximate surface area is 164 Å². The standard InChI is InChI=1S/C21H27N3O2S/c1-15(2)18-7-5-17(6-8-18)13-23(9-10-26-4)14-19-11-20(25)24-12-16(3)27-21(24)22-19/h5-8,11-12,15H,9-10,13-14H2,1-4H3. The van der Waals surface area contributed by atoms with E-state index in [9.17, 15) is 4.79 Å². The van der Waals surface area contributed by atoms with Gasteiger partial charge in [0.25, 0.3) is 5.56 Å². The summed E-state index contributed by atoms with van der Waals surface area (Å²) in [6.45, 7) is 9.24. The fourth-order valence-electron chi connectivity index (χ4n) is 3.07. The Morgan fingerprint density at radius 3 is 2.63 bits per heavy atom. The largest absolute Gasteiger partial charge is 0.383 e. The molecule has 27 heavy (non-hydrogen) atoms. The monoisotopic (exact) mass is 385 g/mol. The molecule has 2 heterocycles. The highest BCUT2D eigenvalue weighted by Crippen LogP contribution is 2.17. The average molecular weight is 386 g/mol. The van der Waals surface area contributed by atoms with Crippen LogP contribution >= 0.6 is 11.3 Å². The molecule has 3 aromatic rings. The van der Waals surface area contributed by atoms with Gasteiger partial charge in [0.05, 0.1) is 12.3 Å². The van der Waals surface area contributed by atoms with Gasteiger partial charge in [-0.2, -0.15) is 0 Å². The zero-order valence-electron chi connectivity index (χ0n) is 16.4. The number of hydrogen-bond donors (Lipinski definition) is 0. The van der Waals surface area contributed by atoms with Crippen molar-refractivity contribution in [3.63, 3.8) is 0 Å². The first-order valence-electron chi connectivity index (χ1n) is 9.25. The molecular weight excluding hydrogens is 358 g/mol. The Hall–Kier alpha value is -2.02. The van der Waals surface area contributed by atoms with Gasteiger partial charge in [0.2, 0.25) is 0 Å². The first-order valence-corrected chi connectivity index (χ1v) is 10.1. The number of hydrogen-bond acceptors (Lipinski definition) is 5. The normalized spacial score (nSPS) is 11.8. The molecule has 0 aliphatic rings. The first-order chi connectivity index (χ1) is 13.0. The third-order valence-electron chi connectivity index (χ3n) is 4.59. The molecule has 0 saturated heterocycles. The van der Waals surface area contributed by atoms with Crippen LogP contribution in [0.2, 0.25) is 0 Å². The number of methoxy groups -OCH3 is 1. The molecule has 0 radical (unpaired) electrons. The van der Waals surface area contributed by atoms with Gasteiger partial charge < -0.3 is 4.74 Å². The highest BCUT2D eigenvalue weighted by atomic mass is 32.1. The van der Waals surface area contributed by atoms with E-state index < -0.39 is 0 Å². The molecular formula is C21H27N3O2S. The number of aryl methyl sites for hydroxylation is 1. The summed E-state index contributed by atoms with van der Waals surface area (Å²) in [6, 6.07) is 10.4. The van der Waals surface area contributed by atoms with Gasteiger partial charge in [0, 0.05) is 43.9 Å². The number of fused-ring (bicyclic) bond motifs is 1. The third-order valence-corrected chi connectivity index (χ3v) is 5.48. The van der Waals surface area contributed by atoms with Crippen molar-refractivity contribution in [3.05, 3.63) is 68.6 Å². The van der Waals surface area contributed by atoms with Crippen LogP contribution in [0.5, 0.6) is 0 Å². The van der Waals surface area contributed by atoms with Crippen molar-refractivity contribution in [2.24, 2.45) is 0 Å². The van der Waals surface area contributed by atoms with Crippen molar-refractivity contribution < 1.29 is 4.74 Å². The minimum absolute atomic E-state index is 0.0210. The van der Waals surface area contributed by atoms with Gasteiger partial charge >= 0.3 is 0 Å². The zero-order chi connectivity index (χ0) is 19.4. The third kappa shape index (κ3) is 5.03. The van der Waals surface area contributed by atoms with E-state index in [2.05, 4.69) is 48.0 Å². The average Bonchev–Trinajstić information content (AvgIpc) is 3.01. The maximum absolute atomic E-state index is 12.4. The molecule has 6 heteroatoms. The molecule has 0 atom stereocenters. The van der Waals surface area contributed by atoms with E-state index in [4.69, 9.17) is 4.74 Å². The Kier molecular flexibility index (Phi) is 6.42. The second-order valence-electron chi connectivity index (χ2n) is 7.18. The summed E-state index contributed by atoms with van der Waals surface area (Å²) < 4.78 is 6.89. The number of nitrogens with zero attached hydrogens (tertiary/aromatic N) is 3. The van der Waals surface area contributed by atoms with Gasteiger partial charge in [0.1, 0.15) is 0 Å². The summed E-state index contributed by atoms with van der Waals surface area (Å²) in [4.78, 5) is 21.1. The summed E-state index contributed by atoms with van der Waals surface area (Å²) in [5.41, 5.74) is 3.37. The Balaban J connectivity index is 1.79. The van der Waals surface area contributed by atoms with E-state index in [0.29, 0.717) is 19.1 Å². The summed E-state index contributed by atoms with van der Waals surface area (Å²) in [6.07, 6.45) is 1.85. The second-order valence-corrected chi connectivity index (χ2v) is 8.39. The highest BCUT2D eigenvalue weighted by Gasteiger charge is 2.11. The van der Waals surface area contributed by atoms with E-state index in [0.717, 1.165) is 28.6 Å². The molecule has 0 unspecified atom stereocenters. The Morgan fingerprint density at radius 2 is 1.96 bits per heavy atom. The molecule has 0 fully saturated rings. The zero-order valence-corrected chi connectivity index (χ0v) is 17.3. The van der Waals surface area contributed by atoms with Gasteiger partial charge in [0.15, 0.2) is 4.96 Å². The van der Waals surface area contributed by atoms with Crippen molar-refractivity contribution in [3.8, 4) is 0 Å². The van der Waals surface area contributed by atoms with Crippen molar-refractivity contribution >= 4 is 16.3 Å². The first kappa shape index (κ1) is 19.7. The molecule has 0 spiro atoms. The molecule has 144 valence electrons. The molecule has 0 aliphatic heterocycles. The maximum atomic E-state index is 12.4. The van der Waals surface area contributed by atoms with Crippen LogP contribution in [0.15, 0.2) is 41.3 Å². The van der Waals surface area contributed by atoms with Gasteiger partial charge in [-0.1, -0.05) is 38.1 Å². The Morgan fingerprint density at radius 1 is 1.22 bits per heavy atom. The lowest BCUT2D eigenvalue weighted by molar-refractivity contribution is 0.139. The fourth-order valence-corrected chi connectivity index (χ4v) is 3.92. The molecule has 0 N–H and O–H groups in total. The number of rotatable bonds is 8. The molecule has 2 aromatic heterocycles. The van der Waals surface area contributed by atoms with Crippen LogP contribution in [0, 0.1) is 6.92 Å². The van der Waals surface area contributed by atoms with Crippen LogP contribution < -0.4 is 5.56 Å². The van der Waals surface area contributed by atoms with Crippen molar-refractivity contribution in [2.45, 2.75) is 39.8 Å². The quantitative estimate of drug-likeness (QED) is 0.591. The molecule has 0 bridgehead atoms. The fraction of sp³-hybridized carbons (Fsp3) is 0.429. The molecule has 5 nitrogen and oxygen atoms in total. The van der Waals surface area contributed by atoms with Crippen LogP contribution in [0.25, 0.3) is 4.96 Å². The number of aromatic nitrogens is 2. The highest BCUT2D eigenvalue weighted by molar-refractivity contribution is 7.16. The predicted molar refractivity (Wildman–Crippen MR) is 111 cm³/mol. The topological polar surface area (TPSA) is 46.8 Å². The van der Waals surface area contributed by atoms with Gasteiger partial charge in [-0.25, -0.2) is 4.98 Å². The number of thiazole rings is 1. The smallest absolute Gasteiger partial charge is 0.258 e. The summed E-state index contributed by atoms with van der Waals surface area (Å²) in [5, 5.41) is 0. The van der Waals surface area contributed by atoms with Crippen molar-refractivity contribution in [2.75, 3.05) is 20.3 Å². The van der Waals surface area contributed by atoms with Crippen LogP contribution in [-0.4, -0.2) is 34.5 Å². The van der Waals surface area contributed by atoms with E-state index >= 15 is 0 Å². The number of benzene rings is 1. The number of ether oxygens (including phenoxy) is 1.